The van der Waals surface area contributed by atoms with Crippen molar-refractivity contribution >= 4 is 19.7 Å². The fraction of sp³-hybridized carbons (Fsp3) is 1.00. The third kappa shape index (κ3) is 5.70. The predicted octanol–water partition coefficient (Wildman–Crippen LogP) is 1.39. The van der Waals surface area contributed by atoms with Crippen molar-refractivity contribution in [3.8, 4) is 0 Å². The van der Waals surface area contributed by atoms with Crippen LogP contribution >= 0.6 is 10.7 Å². The van der Waals surface area contributed by atoms with E-state index >= 15 is 0 Å². The lowest BCUT2D eigenvalue weighted by molar-refractivity contribution is 0.0275. The summed E-state index contributed by atoms with van der Waals surface area (Å²) < 4.78 is 32.0. The van der Waals surface area contributed by atoms with E-state index in [1.54, 1.807) is 0 Å². The molecular weight excluding hydrogens is 240 g/mol. The number of hydrogen-bond acceptors (Lipinski definition) is 4. The summed E-state index contributed by atoms with van der Waals surface area (Å²) in [6, 6.07) is 0. The molecule has 6 heteroatoms. The van der Waals surface area contributed by atoms with E-state index in [1.807, 2.05) is 0 Å². The van der Waals surface area contributed by atoms with Crippen LogP contribution in [0.2, 0.25) is 0 Å². The summed E-state index contributed by atoms with van der Waals surface area (Å²) in [5.41, 5.74) is 0. The maximum absolute atomic E-state index is 10.6. The molecule has 2 atom stereocenters. The average Bonchev–Trinajstić information content (AvgIpc) is 2.49. The summed E-state index contributed by atoms with van der Waals surface area (Å²) in [5.74, 6) is 0.455. The van der Waals surface area contributed by atoms with Crippen LogP contribution in [0.3, 0.4) is 0 Å². The quantitative estimate of drug-likeness (QED) is 0.532. The van der Waals surface area contributed by atoms with Crippen molar-refractivity contribution in [1.82, 2.24) is 0 Å². The fourth-order valence-corrected chi connectivity index (χ4v) is 2.34. The Morgan fingerprint density at radius 1 is 1.40 bits per heavy atom. The average molecular weight is 257 g/mol. The molecule has 0 saturated carbocycles. The molecule has 2 unspecified atom stereocenters. The Balaban J connectivity index is 2.02. The van der Waals surface area contributed by atoms with Crippen molar-refractivity contribution in [2.24, 2.45) is 5.92 Å². The fourth-order valence-electron chi connectivity index (χ4n) is 1.47. The van der Waals surface area contributed by atoms with Crippen molar-refractivity contribution in [2.45, 2.75) is 25.9 Å². The van der Waals surface area contributed by atoms with Gasteiger partial charge in [-0.15, -0.1) is 0 Å². The van der Waals surface area contributed by atoms with Crippen molar-refractivity contribution < 1.29 is 17.9 Å². The number of rotatable bonds is 6. The monoisotopic (exact) mass is 256 g/mol. The smallest absolute Gasteiger partial charge is 0.232 e. The highest BCUT2D eigenvalue weighted by atomic mass is 35.7. The normalized spacial score (nSPS) is 27.1. The summed E-state index contributed by atoms with van der Waals surface area (Å²) in [6.45, 7) is 4.06. The zero-order valence-corrected chi connectivity index (χ0v) is 10.4. The van der Waals surface area contributed by atoms with Gasteiger partial charge in [0.2, 0.25) is 9.05 Å². The first-order valence-corrected chi connectivity index (χ1v) is 7.58. The Hall–Kier alpha value is 0.160. The molecule has 0 aliphatic carbocycles. The van der Waals surface area contributed by atoms with Gasteiger partial charge < -0.3 is 9.47 Å². The molecule has 0 N–H and O–H groups in total. The van der Waals surface area contributed by atoms with Gasteiger partial charge >= 0.3 is 0 Å². The van der Waals surface area contributed by atoms with Crippen LogP contribution < -0.4 is 0 Å². The molecule has 0 aromatic carbocycles. The first-order chi connectivity index (χ1) is 6.99. The van der Waals surface area contributed by atoms with Crippen LogP contribution in [0.5, 0.6) is 0 Å². The Morgan fingerprint density at radius 2 is 2.13 bits per heavy atom. The van der Waals surface area contributed by atoms with Crippen molar-refractivity contribution in [3.63, 3.8) is 0 Å². The Kier molecular flexibility index (Phi) is 5.32. The highest BCUT2D eigenvalue weighted by Gasteiger charge is 2.24. The first-order valence-electron chi connectivity index (χ1n) is 5.11. The molecule has 0 amide bonds. The molecule has 0 aromatic rings. The maximum atomic E-state index is 10.6. The lowest BCUT2D eigenvalue weighted by atomic mass is 10.1. The van der Waals surface area contributed by atoms with E-state index in [9.17, 15) is 8.42 Å². The van der Waals surface area contributed by atoms with E-state index < -0.39 is 9.05 Å². The van der Waals surface area contributed by atoms with Crippen LogP contribution in [0.15, 0.2) is 0 Å². The maximum Gasteiger partial charge on any atom is 0.232 e. The third-order valence-electron chi connectivity index (χ3n) is 2.41. The standard InChI is InChI=1S/C9H17ClO4S/c1-8-6-13-7-9(8)14-4-2-3-5-15(10,11)12/h8-9H,2-7H2,1H3. The van der Waals surface area contributed by atoms with Gasteiger partial charge in [0.05, 0.1) is 25.1 Å². The van der Waals surface area contributed by atoms with E-state index in [0.717, 1.165) is 13.0 Å². The highest BCUT2D eigenvalue weighted by Crippen LogP contribution is 2.16. The summed E-state index contributed by atoms with van der Waals surface area (Å²) in [7, 11) is 1.73. The number of halogens is 1. The zero-order valence-electron chi connectivity index (χ0n) is 8.82. The molecule has 4 nitrogen and oxygen atoms in total. The minimum atomic E-state index is -3.34. The van der Waals surface area contributed by atoms with Crippen LogP contribution in [0.1, 0.15) is 19.8 Å². The lowest BCUT2D eigenvalue weighted by Gasteiger charge is -2.13. The second-order valence-corrected chi connectivity index (χ2v) is 6.77. The minimum Gasteiger partial charge on any atom is -0.378 e. The highest BCUT2D eigenvalue weighted by molar-refractivity contribution is 8.13. The lowest BCUT2D eigenvalue weighted by Crippen LogP contribution is -2.20. The summed E-state index contributed by atoms with van der Waals surface area (Å²) in [5, 5.41) is 0. The molecule has 1 saturated heterocycles. The van der Waals surface area contributed by atoms with Gasteiger partial charge in [0, 0.05) is 23.2 Å². The van der Waals surface area contributed by atoms with E-state index in [1.165, 1.54) is 0 Å². The largest absolute Gasteiger partial charge is 0.378 e. The van der Waals surface area contributed by atoms with Gasteiger partial charge in [0.1, 0.15) is 0 Å². The molecule has 15 heavy (non-hydrogen) atoms. The Morgan fingerprint density at radius 3 is 2.67 bits per heavy atom. The molecule has 0 aromatic heterocycles. The molecule has 0 radical (unpaired) electrons. The van der Waals surface area contributed by atoms with Crippen LogP contribution in [0.25, 0.3) is 0 Å². The van der Waals surface area contributed by atoms with E-state index in [2.05, 4.69) is 6.92 Å². The van der Waals surface area contributed by atoms with Crippen LogP contribution in [0.4, 0.5) is 0 Å². The first kappa shape index (κ1) is 13.2. The molecule has 90 valence electrons. The third-order valence-corrected chi connectivity index (χ3v) is 3.65. The molecule has 1 heterocycles. The number of unbranched alkanes of at least 4 members (excludes halogenated alkanes) is 1. The van der Waals surface area contributed by atoms with Gasteiger partial charge in [-0.3, -0.25) is 0 Å². The Bertz CT molecular complexity index is 278. The molecule has 0 bridgehead atoms. The van der Waals surface area contributed by atoms with Crippen LogP contribution in [-0.2, 0) is 18.5 Å². The Labute approximate surface area is 95.3 Å². The van der Waals surface area contributed by atoms with Crippen LogP contribution in [-0.4, -0.2) is 40.1 Å². The van der Waals surface area contributed by atoms with E-state index in [4.69, 9.17) is 20.2 Å². The van der Waals surface area contributed by atoms with Gasteiger partial charge in [-0.25, -0.2) is 8.42 Å². The zero-order chi connectivity index (χ0) is 11.3. The minimum absolute atomic E-state index is 0.0225. The van der Waals surface area contributed by atoms with Gasteiger partial charge in [-0.05, 0) is 12.8 Å². The summed E-state index contributed by atoms with van der Waals surface area (Å²) in [6.07, 6.45) is 1.43. The van der Waals surface area contributed by atoms with Gasteiger partial charge in [0.25, 0.3) is 0 Å². The molecule has 1 aliphatic heterocycles. The summed E-state index contributed by atoms with van der Waals surface area (Å²) >= 11 is 0. The van der Waals surface area contributed by atoms with E-state index in [-0.39, 0.29) is 11.9 Å². The van der Waals surface area contributed by atoms with Gasteiger partial charge in [-0.1, -0.05) is 6.92 Å². The topological polar surface area (TPSA) is 52.6 Å². The van der Waals surface area contributed by atoms with Crippen LogP contribution in [0, 0.1) is 5.92 Å². The molecule has 1 fully saturated rings. The van der Waals surface area contributed by atoms with E-state index in [0.29, 0.717) is 25.6 Å². The second kappa shape index (κ2) is 6.03. The second-order valence-electron chi connectivity index (χ2n) is 3.87. The number of ether oxygens (including phenoxy) is 2. The van der Waals surface area contributed by atoms with Gasteiger partial charge in [-0.2, -0.15) is 0 Å². The van der Waals surface area contributed by atoms with Crippen molar-refractivity contribution in [1.29, 1.82) is 0 Å². The van der Waals surface area contributed by atoms with Gasteiger partial charge in [0.15, 0.2) is 0 Å². The van der Waals surface area contributed by atoms with Crippen molar-refractivity contribution in [2.75, 3.05) is 25.6 Å². The SMILES string of the molecule is CC1COCC1OCCCCS(=O)(=O)Cl. The molecule has 1 aliphatic rings. The molecule has 0 spiro atoms. The molecule has 1 rings (SSSR count). The summed E-state index contributed by atoms with van der Waals surface area (Å²) in [4.78, 5) is 0. The number of hydrogen-bond donors (Lipinski definition) is 0. The predicted molar refractivity (Wildman–Crippen MR) is 58.6 cm³/mol. The molecular formula is C9H17ClO4S. The van der Waals surface area contributed by atoms with Crippen molar-refractivity contribution in [3.05, 3.63) is 0 Å².